The van der Waals surface area contributed by atoms with Crippen LogP contribution in [-0.4, -0.2) is 0 Å². The Morgan fingerprint density at radius 3 is 1.18 bits per heavy atom. The maximum Gasteiger partial charge on any atom is 0.0340 e. The minimum absolute atomic E-state index is 0.116. The van der Waals surface area contributed by atoms with Crippen molar-refractivity contribution < 1.29 is 0 Å². The van der Waals surface area contributed by atoms with Crippen molar-refractivity contribution in [2.45, 2.75) is 19.8 Å². The molecule has 0 saturated carbocycles. The second-order valence-corrected chi connectivity index (χ2v) is 10.4. The summed E-state index contributed by atoms with van der Waals surface area (Å²) in [5, 5.41) is 0. The molecule has 0 N–H and O–H groups in total. The van der Waals surface area contributed by atoms with Crippen LogP contribution in [0.15, 0.2) is 152 Å². The van der Waals surface area contributed by atoms with Gasteiger partial charge in [0, 0.05) is 5.92 Å². The van der Waals surface area contributed by atoms with Crippen molar-refractivity contribution in [1.82, 2.24) is 0 Å². The van der Waals surface area contributed by atoms with Gasteiger partial charge in [-0.3, -0.25) is 0 Å². The third-order valence-electron chi connectivity index (χ3n) is 7.56. The Morgan fingerprint density at radius 2 is 0.692 bits per heavy atom. The summed E-state index contributed by atoms with van der Waals surface area (Å²) in [5.74, 6) is 0.116. The molecule has 0 aromatic heterocycles. The average molecular weight is 501 g/mol. The summed E-state index contributed by atoms with van der Waals surface area (Å²) in [5.41, 5.74) is 13.9. The molecule has 0 aliphatic rings. The minimum Gasteiger partial charge on any atom is -0.0622 e. The number of benzene rings is 6. The molecule has 0 heterocycles. The molecule has 0 aliphatic heterocycles. The normalized spacial score (nSPS) is 11.1. The predicted molar refractivity (Wildman–Crippen MR) is 166 cm³/mol. The van der Waals surface area contributed by atoms with Crippen LogP contribution in [0.3, 0.4) is 0 Å². The standard InChI is InChI=1S/C39H32/c1-28-14-18-32(19-15-28)35-10-6-12-37(26-35)39(34-24-22-31(23-25-34)30-8-4-3-5-9-30)38-13-7-11-36(27-38)33-20-16-29(2)17-21-33/h3-27,39H,1-2H3. The van der Waals surface area contributed by atoms with Gasteiger partial charge in [-0.2, -0.15) is 0 Å². The van der Waals surface area contributed by atoms with E-state index < -0.39 is 0 Å². The van der Waals surface area contributed by atoms with Gasteiger partial charge >= 0.3 is 0 Å². The summed E-state index contributed by atoms with van der Waals surface area (Å²) in [6, 6.07) is 55.4. The Balaban J connectivity index is 1.46. The van der Waals surface area contributed by atoms with Crippen molar-refractivity contribution in [3.05, 3.63) is 179 Å². The Bertz CT molecular complexity index is 1580. The number of hydrogen-bond acceptors (Lipinski definition) is 0. The molecule has 6 rings (SSSR count). The maximum absolute atomic E-state index is 2.36. The predicted octanol–water partition coefficient (Wildman–Crippen LogP) is 10.5. The van der Waals surface area contributed by atoms with Crippen LogP contribution in [0.1, 0.15) is 33.7 Å². The van der Waals surface area contributed by atoms with E-state index >= 15 is 0 Å². The van der Waals surface area contributed by atoms with Gasteiger partial charge in [0.15, 0.2) is 0 Å². The average Bonchev–Trinajstić information content (AvgIpc) is 2.99. The highest BCUT2D eigenvalue weighted by atomic mass is 14.2. The zero-order valence-electron chi connectivity index (χ0n) is 22.5. The molecule has 0 saturated heterocycles. The van der Waals surface area contributed by atoms with Crippen molar-refractivity contribution in [2.75, 3.05) is 0 Å². The van der Waals surface area contributed by atoms with Gasteiger partial charge in [-0.15, -0.1) is 0 Å². The van der Waals surface area contributed by atoms with Crippen molar-refractivity contribution in [2.24, 2.45) is 0 Å². The summed E-state index contributed by atoms with van der Waals surface area (Å²) in [6.07, 6.45) is 0. The van der Waals surface area contributed by atoms with Crippen LogP contribution < -0.4 is 0 Å². The van der Waals surface area contributed by atoms with Gasteiger partial charge in [-0.25, -0.2) is 0 Å². The Labute approximate surface area is 232 Å². The van der Waals surface area contributed by atoms with Gasteiger partial charge in [-0.1, -0.05) is 163 Å². The van der Waals surface area contributed by atoms with Gasteiger partial charge in [0.25, 0.3) is 0 Å². The summed E-state index contributed by atoms with van der Waals surface area (Å²) in [4.78, 5) is 0. The molecule has 39 heavy (non-hydrogen) atoms. The first-order valence-electron chi connectivity index (χ1n) is 13.6. The van der Waals surface area contributed by atoms with E-state index in [2.05, 4.69) is 166 Å². The molecule has 0 spiro atoms. The molecule has 0 unspecified atom stereocenters. The highest BCUT2D eigenvalue weighted by Crippen LogP contribution is 2.37. The van der Waals surface area contributed by atoms with E-state index in [1.54, 1.807) is 0 Å². The quantitative estimate of drug-likeness (QED) is 0.200. The summed E-state index contributed by atoms with van der Waals surface area (Å²) >= 11 is 0. The third-order valence-corrected chi connectivity index (χ3v) is 7.56. The molecule has 6 aromatic rings. The van der Waals surface area contributed by atoms with Crippen LogP contribution >= 0.6 is 0 Å². The fraction of sp³-hybridized carbons (Fsp3) is 0.0769. The van der Waals surface area contributed by atoms with Crippen molar-refractivity contribution in [3.8, 4) is 33.4 Å². The van der Waals surface area contributed by atoms with Crippen LogP contribution in [0.2, 0.25) is 0 Å². The van der Waals surface area contributed by atoms with Gasteiger partial charge in [0.05, 0.1) is 0 Å². The lowest BCUT2D eigenvalue weighted by Crippen LogP contribution is -2.04. The largest absolute Gasteiger partial charge is 0.0622 e. The molecule has 0 nitrogen and oxygen atoms in total. The lowest BCUT2D eigenvalue weighted by atomic mass is 9.82. The lowest BCUT2D eigenvalue weighted by molar-refractivity contribution is 0.979. The third kappa shape index (κ3) is 5.47. The van der Waals surface area contributed by atoms with E-state index in [1.807, 2.05) is 0 Å². The molecule has 188 valence electrons. The molecule has 0 bridgehead atoms. The van der Waals surface area contributed by atoms with Gasteiger partial charge in [0.1, 0.15) is 0 Å². The topological polar surface area (TPSA) is 0 Å². The first-order chi connectivity index (χ1) is 19.1. The highest BCUT2D eigenvalue weighted by molar-refractivity contribution is 5.69. The van der Waals surface area contributed by atoms with Crippen LogP contribution in [0, 0.1) is 13.8 Å². The van der Waals surface area contributed by atoms with E-state index in [-0.39, 0.29) is 5.92 Å². The van der Waals surface area contributed by atoms with Gasteiger partial charge in [-0.05, 0) is 63.9 Å². The van der Waals surface area contributed by atoms with Crippen molar-refractivity contribution >= 4 is 0 Å². The summed E-state index contributed by atoms with van der Waals surface area (Å²) in [6.45, 7) is 4.27. The van der Waals surface area contributed by atoms with Crippen LogP contribution in [0.25, 0.3) is 33.4 Å². The lowest BCUT2D eigenvalue weighted by Gasteiger charge is -2.21. The fourth-order valence-electron chi connectivity index (χ4n) is 5.36. The molecule has 0 heteroatoms. The molecule has 6 aromatic carbocycles. The monoisotopic (exact) mass is 500 g/mol. The summed E-state index contributed by atoms with van der Waals surface area (Å²) in [7, 11) is 0. The van der Waals surface area contributed by atoms with E-state index in [4.69, 9.17) is 0 Å². The minimum atomic E-state index is 0.116. The molecule has 0 atom stereocenters. The smallest absolute Gasteiger partial charge is 0.0340 e. The van der Waals surface area contributed by atoms with E-state index in [0.717, 1.165) is 0 Å². The Hall–Kier alpha value is -4.68. The van der Waals surface area contributed by atoms with Gasteiger partial charge in [0.2, 0.25) is 0 Å². The Morgan fingerprint density at radius 1 is 0.308 bits per heavy atom. The molecular formula is C39H32. The maximum atomic E-state index is 2.36. The SMILES string of the molecule is Cc1ccc(-c2cccc(C(c3ccc(-c4ccccc4)cc3)c3cccc(-c4ccc(C)cc4)c3)c2)cc1. The molecule has 0 amide bonds. The summed E-state index contributed by atoms with van der Waals surface area (Å²) < 4.78 is 0. The molecular weight excluding hydrogens is 468 g/mol. The van der Waals surface area contributed by atoms with Crippen molar-refractivity contribution in [1.29, 1.82) is 0 Å². The first-order valence-corrected chi connectivity index (χ1v) is 13.6. The number of rotatable bonds is 6. The second kappa shape index (κ2) is 11.0. The molecule has 0 radical (unpaired) electrons. The highest BCUT2D eigenvalue weighted by Gasteiger charge is 2.18. The first kappa shape index (κ1) is 24.6. The van der Waals surface area contributed by atoms with Gasteiger partial charge < -0.3 is 0 Å². The van der Waals surface area contributed by atoms with Crippen LogP contribution in [0.4, 0.5) is 0 Å². The Kier molecular flexibility index (Phi) is 6.93. The van der Waals surface area contributed by atoms with Crippen LogP contribution in [-0.2, 0) is 0 Å². The number of aryl methyl sites for hydroxylation is 2. The van der Waals surface area contributed by atoms with E-state index in [0.29, 0.717) is 0 Å². The van der Waals surface area contributed by atoms with Crippen LogP contribution in [0.5, 0.6) is 0 Å². The second-order valence-electron chi connectivity index (χ2n) is 10.4. The number of hydrogen-bond donors (Lipinski definition) is 0. The van der Waals surface area contributed by atoms with E-state index in [1.165, 1.54) is 61.2 Å². The zero-order chi connectivity index (χ0) is 26.6. The fourth-order valence-corrected chi connectivity index (χ4v) is 5.36. The van der Waals surface area contributed by atoms with Crippen molar-refractivity contribution in [3.63, 3.8) is 0 Å². The molecule has 0 fully saturated rings. The molecule has 0 aliphatic carbocycles. The zero-order valence-corrected chi connectivity index (χ0v) is 22.5. The van der Waals surface area contributed by atoms with E-state index in [9.17, 15) is 0 Å².